The summed E-state index contributed by atoms with van der Waals surface area (Å²) in [5.41, 5.74) is 1.22. The van der Waals surface area contributed by atoms with E-state index >= 15 is 0 Å². The SMILES string of the molecule is O=[N+]([O-])c1ccc(C(N2CCOCC2)N2CCOCC2)cc1. The normalized spacial score (nSPS) is 21.1. The minimum absolute atomic E-state index is 0.131. The Morgan fingerprint density at radius 1 is 0.909 bits per heavy atom. The summed E-state index contributed by atoms with van der Waals surface area (Å²) < 4.78 is 10.9. The number of ether oxygens (including phenoxy) is 2. The van der Waals surface area contributed by atoms with E-state index in [0.717, 1.165) is 58.2 Å². The van der Waals surface area contributed by atoms with E-state index in [0.29, 0.717) is 0 Å². The summed E-state index contributed by atoms with van der Waals surface area (Å²) in [4.78, 5) is 15.2. The van der Waals surface area contributed by atoms with Crippen molar-refractivity contribution in [2.24, 2.45) is 0 Å². The number of non-ortho nitro benzene ring substituents is 1. The zero-order valence-corrected chi connectivity index (χ0v) is 12.5. The fraction of sp³-hybridized carbons (Fsp3) is 0.600. The zero-order chi connectivity index (χ0) is 15.4. The second-order valence-corrected chi connectivity index (χ2v) is 5.52. The summed E-state index contributed by atoms with van der Waals surface area (Å²) in [6.07, 6.45) is 0.133. The Bertz CT molecular complexity index is 478. The number of rotatable bonds is 4. The third kappa shape index (κ3) is 3.44. The lowest BCUT2D eigenvalue weighted by Crippen LogP contribution is -2.50. The minimum Gasteiger partial charge on any atom is -0.379 e. The number of hydrogen-bond donors (Lipinski definition) is 0. The molecule has 0 N–H and O–H groups in total. The lowest BCUT2D eigenvalue weighted by molar-refractivity contribution is -0.384. The first-order chi connectivity index (χ1) is 10.8. The van der Waals surface area contributed by atoms with Gasteiger partial charge in [0.2, 0.25) is 0 Å². The number of nitro benzene ring substituents is 1. The highest BCUT2D eigenvalue weighted by atomic mass is 16.6. The molecule has 0 unspecified atom stereocenters. The smallest absolute Gasteiger partial charge is 0.269 e. The van der Waals surface area contributed by atoms with Gasteiger partial charge < -0.3 is 9.47 Å². The average molecular weight is 307 g/mol. The maximum atomic E-state index is 10.8. The van der Waals surface area contributed by atoms with Crippen LogP contribution in [0.1, 0.15) is 11.7 Å². The Hall–Kier alpha value is -1.54. The molecule has 0 spiro atoms. The molecule has 0 radical (unpaired) electrons. The Kier molecular flexibility index (Phi) is 4.99. The first kappa shape index (κ1) is 15.4. The lowest BCUT2D eigenvalue weighted by Gasteiger charge is -2.43. The van der Waals surface area contributed by atoms with Gasteiger partial charge >= 0.3 is 0 Å². The van der Waals surface area contributed by atoms with Crippen molar-refractivity contribution in [2.45, 2.75) is 6.17 Å². The summed E-state index contributed by atoms with van der Waals surface area (Å²) in [6.45, 7) is 6.42. The van der Waals surface area contributed by atoms with E-state index in [1.807, 2.05) is 12.1 Å². The molecule has 2 heterocycles. The second kappa shape index (κ2) is 7.15. The van der Waals surface area contributed by atoms with Crippen molar-refractivity contribution >= 4 is 5.69 Å². The molecule has 0 aromatic heterocycles. The third-order valence-electron chi connectivity index (χ3n) is 4.19. The van der Waals surface area contributed by atoms with Gasteiger partial charge in [0.25, 0.3) is 5.69 Å². The molecular weight excluding hydrogens is 286 g/mol. The Morgan fingerprint density at radius 3 is 1.77 bits per heavy atom. The molecular formula is C15H21N3O4. The minimum atomic E-state index is -0.359. The molecule has 2 aliphatic rings. The molecule has 0 bridgehead atoms. The number of benzene rings is 1. The standard InChI is InChI=1S/C15H21N3O4/c19-18(20)14-3-1-13(2-4-14)15(16-5-9-21-10-6-16)17-7-11-22-12-8-17/h1-4,15H,5-12H2. The molecule has 7 nitrogen and oxygen atoms in total. The summed E-state index contributed by atoms with van der Waals surface area (Å²) >= 11 is 0. The predicted octanol–water partition coefficient (Wildman–Crippen LogP) is 1.26. The van der Waals surface area contributed by atoms with Gasteiger partial charge in [0.05, 0.1) is 37.5 Å². The molecule has 1 aromatic carbocycles. The van der Waals surface area contributed by atoms with Gasteiger partial charge in [0.15, 0.2) is 0 Å². The number of morpholine rings is 2. The van der Waals surface area contributed by atoms with Gasteiger partial charge in [-0.1, -0.05) is 0 Å². The largest absolute Gasteiger partial charge is 0.379 e. The first-order valence-electron chi connectivity index (χ1n) is 7.63. The summed E-state index contributed by atoms with van der Waals surface area (Å²) in [5.74, 6) is 0. The first-order valence-corrected chi connectivity index (χ1v) is 7.63. The van der Waals surface area contributed by atoms with Crippen LogP contribution >= 0.6 is 0 Å². The molecule has 22 heavy (non-hydrogen) atoms. The van der Waals surface area contributed by atoms with Crippen LogP contribution in [0.3, 0.4) is 0 Å². The maximum Gasteiger partial charge on any atom is 0.269 e. The Balaban J connectivity index is 1.84. The Morgan fingerprint density at radius 2 is 1.36 bits per heavy atom. The molecule has 0 saturated carbocycles. The van der Waals surface area contributed by atoms with Crippen LogP contribution in [0.25, 0.3) is 0 Å². The van der Waals surface area contributed by atoms with E-state index in [1.165, 1.54) is 0 Å². The molecule has 0 amide bonds. The molecule has 3 rings (SSSR count). The number of nitrogens with zero attached hydrogens (tertiary/aromatic N) is 3. The third-order valence-corrected chi connectivity index (χ3v) is 4.19. The molecule has 0 atom stereocenters. The van der Waals surface area contributed by atoms with Gasteiger partial charge in [-0.05, 0) is 17.7 Å². The van der Waals surface area contributed by atoms with Gasteiger partial charge in [0, 0.05) is 38.3 Å². The summed E-state index contributed by atoms with van der Waals surface area (Å²) in [6, 6.07) is 6.91. The van der Waals surface area contributed by atoms with Crippen LogP contribution < -0.4 is 0 Å². The van der Waals surface area contributed by atoms with Crippen LogP contribution in [0.2, 0.25) is 0 Å². The van der Waals surface area contributed by atoms with Crippen molar-refractivity contribution < 1.29 is 14.4 Å². The highest BCUT2D eigenvalue weighted by Crippen LogP contribution is 2.28. The molecule has 1 aromatic rings. The van der Waals surface area contributed by atoms with Crippen LogP contribution in [0.5, 0.6) is 0 Å². The van der Waals surface area contributed by atoms with Crippen LogP contribution in [-0.4, -0.2) is 67.3 Å². The zero-order valence-electron chi connectivity index (χ0n) is 12.5. The highest BCUT2D eigenvalue weighted by Gasteiger charge is 2.29. The van der Waals surface area contributed by atoms with E-state index in [1.54, 1.807) is 12.1 Å². The highest BCUT2D eigenvalue weighted by molar-refractivity contribution is 5.34. The van der Waals surface area contributed by atoms with Crippen LogP contribution in [0.15, 0.2) is 24.3 Å². The summed E-state index contributed by atoms with van der Waals surface area (Å²) in [7, 11) is 0. The second-order valence-electron chi connectivity index (χ2n) is 5.52. The van der Waals surface area contributed by atoms with E-state index in [4.69, 9.17) is 9.47 Å². The van der Waals surface area contributed by atoms with Crippen molar-refractivity contribution in [1.82, 2.24) is 9.80 Å². The monoisotopic (exact) mass is 307 g/mol. The maximum absolute atomic E-state index is 10.8. The van der Waals surface area contributed by atoms with Crippen LogP contribution in [-0.2, 0) is 9.47 Å². The van der Waals surface area contributed by atoms with Crippen molar-refractivity contribution in [3.05, 3.63) is 39.9 Å². The van der Waals surface area contributed by atoms with Crippen molar-refractivity contribution in [3.8, 4) is 0 Å². The molecule has 120 valence electrons. The van der Waals surface area contributed by atoms with Gasteiger partial charge in [0.1, 0.15) is 0 Å². The quantitative estimate of drug-likeness (QED) is 0.616. The van der Waals surface area contributed by atoms with E-state index in [2.05, 4.69) is 9.80 Å². The lowest BCUT2D eigenvalue weighted by atomic mass is 10.1. The predicted molar refractivity (Wildman–Crippen MR) is 80.6 cm³/mol. The van der Waals surface area contributed by atoms with Crippen LogP contribution in [0.4, 0.5) is 5.69 Å². The van der Waals surface area contributed by atoms with E-state index < -0.39 is 0 Å². The topological polar surface area (TPSA) is 68.1 Å². The van der Waals surface area contributed by atoms with Gasteiger partial charge in [-0.15, -0.1) is 0 Å². The van der Waals surface area contributed by atoms with Gasteiger partial charge in [-0.25, -0.2) is 0 Å². The molecule has 7 heteroatoms. The van der Waals surface area contributed by atoms with E-state index in [9.17, 15) is 10.1 Å². The van der Waals surface area contributed by atoms with Crippen LogP contribution in [0, 0.1) is 10.1 Å². The average Bonchev–Trinajstić information content (AvgIpc) is 2.57. The van der Waals surface area contributed by atoms with Crippen molar-refractivity contribution in [2.75, 3.05) is 52.6 Å². The molecule has 2 fully saturated rings. The Labute approximate surface area is 129 Å². The molecule has 2 saturated heterocycles. The molecule has 2 aliphatic heterocycles. The fourth-order valence-corrected chi connectivity index (χ4v) is 3.06. The molecule has 0 aliphatic carbocycles. The number of hydrogen-bond acceptors (Lipinski definition) is 6. The van der Waals surface area contributed by atoms with E-state index in [-0.39, 0.29) is 16.8 Å². The number of nitro groups is 1. The van der Waals surface area contributed by atoms with Crippen molar-refractivity contribution in [3.63, 3.8) is 0 Å². The summed E-state index contributed by atoms with van der Waals surface area (Å²) in [5, 5.41) is 10.8. The van der Waals surface area contributed by atoms with Gasteiger partial charge in [-0.3, -0.25) is 19.9 Å². The van der Waals surface area contributed by atoms with Crippen molar-refractivity contribution in [1.29, 1.82) is 0 Å². The van der Waals surface area contributed by atoms with Gasteiger partial charge in [-0.2, -0.15) is 0 Å². The fourth-order valence-electron chi connectivity index (χ4n) is 3.06.